The topological polar surface area (TPSA) is 68.1 Å². The lowest BCUT2D eigenvalue weighted by atomic mass is 9.56. The third-order valence-corrected chi connectivity index (χ3v) is 9.12. The molecule has 3 aromatic carbocycles. The predicted molar refractivity (Wildman–Crippen MR) is 132 cm³/mol. The van der Waals surface area contributed by atoms with Crippen molar-refractivity contribution >= 4 is 28.1 Å². The minimum Gasteiger partial charge on any atom is -0.620 e. The molecule has 0 aliphatic carbocycles. The van der Waals surface area contributed by atoms with Crippen LogP contribution in [0.5, 0.6) is 0 Å². The maximum Gasteiger partial charge on any atom is 0.506 e. The van der Waals surface area contributed by atoms with Crippen molar-refractivity contribution in [2.75, 3.05) is 13.1 Å². The summed E-state index contributed by atoms with van der Waals surface area (Å²) in [6, 6.07) is 24.9. The third-order valence-electron chi connectivity index (χ3n) is 7.14. The van der Waals surface area contributed by atoms with Gasteiger partial charge in [0.15, 0.2) is 0 Å². The summed E-state index contributed by atoms with van der Waals surface area (Å²) in [4.78, 5) is 14.7. The van der Waals surface area contributed by atoms with Gasteiger partial charge in [-0.25, -0.2) is 8.42 Å². The van der Waals surface area contributed by atoms with Crippen LogP contribution in [0.2, 0.25) is 0 Å². The molecular weight excluding hydrogens is 447 g/mol. The normalized spacial score (nSPS) is 23.8. The molecule has 6 nitrogen and oxygen atoms in total. The molecule has 176 valence electrons. The number of nitrogens with zero attached hydrogens (tertiary/aromatic N) is 1. The molecule has 34 heavy (non-hydrogen) atoms. The zero-order valence-electron chi connectivity index (χ0n) is 19.3. The van der Waals surface area contributed by atoms with Crippen molar-refractivity contribution in [2.45, 2.75) is 37.1 Å². The molecule has 5 rings (SSSR count). The SMILES string of the molecule is Cc1ccc(S(=O)(=O)N2[C@@H](Cc3ccccc3)C(=O)O[B-]2(c2ccccc2)[NH+]2CCCC2)cc1. The number of nitrogens with one attached hydrogen (secondary N) is 1. The summed E-state index contributed by atoms with van der Waals surface area (Å²) in [5.74, 6) is -0.484. The Balaban J connectivity index is 1.72. The van der Waals surface area contributed by atoms with Crippen LogP contribution >= 0.6 is 0 Å². The minimum absolute atomic E-state index is 0.176. The van der Waals surface area contributed by atoms with E-state index in [9.17, 15) is 13.2 Å². The van der Waals surface area contributed by atoms with Crippen LogP contribution in [0.25, 0.3) is 0 Å². The lowest BCUT2D eigenvalue weighted by Gasteiger charge is -2.45. The van der Waals surface area contributed by atoms with E-state index in [1.807, 2.05) is 67.6 Å². The first-order valence-corrected chi connectivity index (χ1v) is 13.3. The van der Waals surface area contributed by atoms with Gasteiger partial charge in [0.05, 0.1) is 10.9 Å². The van der Waals surface area contributed by atoms with E-state index >= 15 is 0 Å². The molecule has 0 amide bonds. The first-order chi connectivity index (χ1) is 16.4. The maximum atomic E-state index is 14.3. The van der Waals surface area contributed by atoms with Gasteiger partial charge in [0.2, 0.25) is 10.0 Å². The summed E-state index contributed by atoms with van der Waals surface area (Å²) < 4.78 is 36.4. The molecule has 2 aliphatic rings. The van der Waals surface area contributed by atoms with E-state index in [4.69, 9.17) is 4.65 Å². The maximum absolute atomic E-state index is 14.3. The monoisotopic (exact) mass is 476 g/mol. The molecule has 8 heteroatoms. The van der Waals surface area contributed by atoms with E-state index in [1.54, 1.807) is 24.3 Å². The van der Waals surface area contributed by atoms with Gasteiger partial charge in [-0.3, -0.25) is 9.01 Å². The average molecular weight is 476 g/mol. The van der Waals surface area contributed by atoms with Crippen LogP contribution in [0.3, 0.4) is 0 Å². The molecule has 2 atom stereocenters. The Morgan fingerprint density at radius 3 is 2.12 bits per heavy atom. The number of benzene rings is 3. The van der Waals surface area contributed by atoms with Crippen LogP contribution in [0.15, 0.2) is 89.8 Å². The molecular formula is C26H29BN2O4S. The Morgan fingerprint density at radius 1 is 0.912 bits per heavy atom. The minimum atomic E-state index is -4.06. The second-order valence-corrected chi connectivity index (χ2v) is 11.2. The highest BCUT2D eigenvalue weighted by Crippen LogP contribution is 2.32. The molecule has 2 saturated heterocycles. The Morgan fingerprint density at radius 2 is 1.50 bits per heavy atom. The number of carbonyl (C=O) groups is 1. The van der Waals surface area contributed by atoms with Crippen molar-refractivity contribution in [3.05, 3.63) is 96.1 Å². The third kappa shape index (κ3) is 3.85. The van der Waals surface area contributed by atoms with Crippen LogP contribution in [-0.4, -0.2) is 44.4 Å². The predicted octanol–water partition coefficient (Wildman–Crippen LogP) is 1.68. The van der Waals surface area contributed by atoms with Crippen molar-refractivity contribution in [2.24, 2.45) is 0 Å². The van der Waals surface area contributed by atoms with Crippen LogP contribution in [0.4, 0.5) is 0 Å². The van der Waals surface area contributed by atoms with Crippen molar-refractivity contribution < 1.29 is 22.7 Å². The standard InChI is InChI=1S/C26H29BN2O4S/c1-21-14-16-24(17-15-21)34(31,32)29-25(20-22-10-4-2-5-11-22)26(30)33-27(29,28-18-8-9-19-28)23-12-6-3-7-13-23/h2-7,10-17,25,28H,8-9,18-20H2,1H3/t25-,27?/m0/s1. The van der Waals surface area contributed by atoms with Crippen molar-refractivity contribution in [1.29, 1.82) is 0 Å². The molecule has 1 unspecified atom stereocenters. The molecule has 0 bridgehead atoms. The number of hydrogen-bond donors (Lipinski definition) is 1. The van der Waals surface area contributed by atoms with Gasteiger partial charge in [-0.05, 0) is 43.9 Å². The van der Waals surface area contributed by atoms with Gasteiger partial charge in [-0.15, -0.1) is 0 Å². The summed E-state index contributed by atoms with van der Waals surface area (Å²) in [7, 11) is -4.06. The first-order valence-electron chi connectivity index (χ1n) is 11.9. The van der Waals surface area contributed by atoms with Gasteiger partial charge < -0.3 is 9.47 Å². The summed E-state index contributed by atoms with van der Waals surface area (Å²) in [5, 5.41) is 0. The zero-order valence-corrected chi connectivity index (χ0v) is 20.1. The highest BCUT2D eigenvalue weighted by Gasteiger charge is 2.63. The molecule has 0 saturated carbocycles. The summed E-state index contributed by atoms with van der Waals surface area (Å²) in [6.07, 6.45) is 2.18. The summed E-state index contributed by atoms with van der Waals surface area (Å²) in [6.45, 7) is 1.05. The lowest BCUT2D eigenvalue weighted by molar-refractivity contribution is -0.792. The van der Waals surface area contributed by atoms with Gasteiger partial charge in [0.25, 0.3) is 5.97 Å². The fraction of sp³-hybridized carbons (Fsp3) is 0.269. The van der Waals surface area contributed by atoms with E-state index in [2.05, 4.69) is 0 Å². The molecule has 1 N–H and O–H groups in total. The molecule has 2 fully saturated rings. The summed E-state index contributed by atoms with van der Waals surface area (Å²) >= 11 is 0. The van der Waals surface area contributed by atoms with Gasteiger partial charge in [-0.1, -0.05) is 83.8 Å². The van der Waals surface area contributed by atoms with Crippen LogP contribution in [0.1, 0.15) is 24.0 Å². The Kier molecular flexibility index (Phi) is 6.06. The number of rotatable bonds is 6. The quantitative estimate of drug-likeness (QED) is 0.550. The van der Waals surface area contributed by atoms with Crippen molar-refractivity contribution in [3.8, 4) is 0 Å². The zero-order chi connectivity index (χ0) is 23.8. The molecule has 2 aliphatic heterocycles. The molecule has 0 radical (unpaired) electrons. The molecule has 2 heterocycles. The van der Waals surface area contributed by atoms with E-state index < -0.39 is 28.7 Å². The van der Waals surface area contributed by atoms with Crippen LogP contribution in [-0.2, 0) is 25.9 Å². The van der Waals surface area contributed by atoms with Gasteiger partial charge in [-0.2, -0.15) is 0 Å². The van der Waals surface area contributed by atoms with E-state index in [0.717, 1.165) is 47.3 Å². The number of aryl methyl sites for hydroxylation is 1. The van der Waals surface area contributed by atoms with Crippen LogP contribution in [0, 0.1) is 6.92 Å². The largest absolute Gasteiger partial charge is 0.620 e. The summed E-state index contributed by atoms with van der Waals surface area (Å²) in [5.41, 5.74) is 2.60. The van der Waals surface area contributed by atoms with Gasteiger partial charge in [0.1, 0.15) is 0 Å². The highest BCUT2D eigenvalue weighted by molar-refractivity contribution is 7.90. The van der Waals surface area contributed by atoms with E-state index in [1.165, 1.54) is 4.22 Å². The number of sulfonamides is 1. The highest BCUT2D eigenvalue weighted by atomic mass is 32.2. The second-order valence-electron chi connectivity index (χ2n) is 9.31. The molecule has 0 aromatic heterocycles. The molecule has 0 spiro atoms. The smallest absolute Gasteiger partial charge is 0.506 e. The molecule has 3 aromatic rings. The van der Waals surface area contributed by atoms with Gasteiger partial charge in [0, 0.05) is 13.1 Å². The Labute approximate surface area is 201 Å². The average Bonchev–Trinajstić information content (AvgIpc) is 3.49. The van der Waals surface area contributed by atoms with Crippen molar-refractivity contribution in [1.82, 2.24) is 4.22 Å². The number of hydrogen-bond acceptors (Lipinski definition) is 4. The second kappa shape index (κ2) is 9.02. The number of quaternary nitrogens is 1. The number of carbonyl (C=O) groups excluding carboxylic acids is 1. The fourth-order valence-corrected chi connectivity index (χ4v) is 7.43. The van der Waals surface area contributed by atoms with Gasteiger partial charge >= 0.3 is 6.62 Å². The lowest BCUT2D eigenvalue weighted by Crippen LogP contribution is -3.26. The van der Waals surface area contributed by atoms with E-state index in [-0.39, 0.29) is 11.3 Å². The fourth-order valence-electron chi connectivity index (χ4n) is 5.51. The first kappa shape index (κ1) is 22.8. The van der Waals surface area contributed by atoms with Crippen LogP contribution < -0.4 is 10.3 Å². The van der Waals surface area contributed by atoms with E-state index in [0.29, 0.717) is 0 Å². The van der Waals surface area contributed by atoms with Crippen molar-refractivity contribution in [3.63, 3.8) is 0 Å². The Hall–Kier alpha value is -2.94. The Bertz CT molecular complexity index is 1260.